The van der Waals surface area contributed by atoms with E-state index in [1.807, 2.05) is 54.8 Å². The summed E-state index contributed by atoms with van der Waals surface area (Å²) in [6.07, 6.45) is 7.36. The number of carbonyl (C=O) groups excluding carboxylic acids is 2. The monoisotopic (exact) mass is 481 g/mol. The second-order valence-corrected chi connectivity index (χ2v) is 10.4. The number of benzene rings is 1. The lowest BCUT2D eigenvalue weighted by atomic mass is 9.93. The van der Waals surface area contributed by atoms with Gasteiger partial charge in [0.05, 0.1) is 12.1 Å². The van der Waals surface area contributed by atoms with E-state index in [0.717, 1.165) is 42.5 Å². The van der Waals surface area contributed by atoms with Gasteiger partial charge in [-0.15, -0.1) is 0 Å². The second-order valence-electron chi connectivity index (χ2n) is 9.99. The van der Waals surface area contributed by atoms with Crippen molar-refractivity contribution in [2.45, 2.75) is 76.9 Å². The predicted molar refractivity (Wildman–Crippen MR) is 133 cm³/mol. The van der Waals surface area contributed by atoms with Crippen LogP contribution < -0.4 is 5.32 Å². The normalized spacial score (nSPS) is 21.5. The summed E-state index contributed by atoms with van der Waals surface area (Å²) in [6.45, 7) is 4.64. The van der Waals surface area contributed by atoms with E-state index in [1.54, 1.807) is 4.90 Å². The van der Waals surface area contributed by atoms with E-state index in [4.69, 9.17) is 16.0 Å². The highest BCUT2D eigenvalue weighted by Crippen LogP contribution is 2.34. The van der Waals surface area contributed by atoms with Gasteiger partial charge in [-0.2, -0.15) is 0 Å². The number of nitrogens with one attached hydrogen (secondary N) is 1. The summed E-state index contributed by atoms with van der Waals surface area (Å²) in [6, 6.07) is 11.6. The molecule has 3 heterocycles. The Labute approximate surface area is 205 Å². The molecule has 1 aromatic carbocycles. The SMILES string of the molecule is Cc1cc2c(cc3n2C[C@@](C)(C(=O)NC2CCCCCC2)N(CCc2ccc(Cl)cc2)C3=O)o1. The van der Waals surface area contributed by atoms with Crippen LogP contribution in [0, 0.1) is 6.92 Å². The molecule has 0 spiro atoms. The predicted octanol–water partition coefficient (Wildman–Crippen LogP) is 5.49. The molecule has 0 unspecified atom stereocenters. The van der Waals surface area contributed by atoms with Crippen molar-refractivity contribution >= 4 is 34.5 Å². The topological polar surface area (TPSA) is 67.5 Å². The van der Waals surface area contributed by atoms with Gasteiger partial charge in [0.15, 0.2) is 5.58 Å². The molecule has 0 radical (unpaired) electrons. The van der Waals surface area contributed by atoms with Gasteiger partial charge < -0.3 is 19.2 Å². The first-order valence-corrected chi connectivity index (χ1v) is 12.7. The zero-order chi connectivity index (χ0) is 23.9. The van der Waals surface area contributed by atoms with Gasteiger partial charge >= 0.3 is 0 Å². The van der Waals surface area contributed by atoms with Crippen LogP contribution in [0.2, 0.25) is 5.02 Å². The van der Waals surface area contributed by atoms with E-state index in [-0.39, 0.29) is 17.9 Å². The van der Waals surface area contributed by atoms with Crippen molar-refractivity contribution in [3.8, 4) is 0 Å². The molecule has 7 heteroatoms. The molecule has 1 aliphatic carbocycles. The fourth-order valence-corrected chi connectivity index (χ4v) is 5.59. The first-order valence-electron chi connectivity index (χ1n) is 12.3. The first kappa shape index (κ1) is 23.0. The number of hydrogen-bond donors (Lipinski definition) is 1. The molecular formula is C27H32ClN3O3. The van der Waals surface area contributed by atoms with Crippen molar-refractivity contribution in [1.29, 1.82) is 0 Å². The molecule has 6 nitrogen and oxygen atoms in total. The fourth-order valence-electron chi connectivity index (χ4n) is 5.47. The highest BCUT2D eigenvalue weighted by atomic mass is 35.5. The van der Waals surface area contributed by atoms with E-state index in [9.17, 15) is 9.59 Å². The van der Waals surface area contributed by atoms with Gasteiger partial charge in [-0.1, -0.05) is 49.4 Å². The lowest BCUT2D eigenvalue weighted by molar-refractivity contribution is -0.133. The van der Waals surface area contributed by atoms with Gasteiger partial charge in [0.1, 0.15) is 17.0 Å². The van der Waals surface area contributed by atoms with Crippen LogP contribution in [-0.2, 0) is 17.8 Å². The standard InChI is InChI=1S/C27H32ClN3O3/c1-18-15-22-24(34-18)16-23-25(32)31(14-13-19-9-11-20(28)12-10-19)27(2,17-30(22)23)26(33)29-21-7-5-3-4-6-8-21/h9-12,15-16,21H,3-8,13-14,17H2,1-2H3,(H,29,33)/t27-/m0/s1. The number of aryl methyl sites for hydroxylation is 1. The summed E-state index contributed by atoms with van der Waals surface area (Å²) in [5, 5.41) is 4.00. The molecule has 1 saturated carbocycles. The molecule has 5 rings (SSSR count). The Morgan fingerprint density at radius 1 is 1.15 bits per heavy atom. The molecule has 1 fully saturated rings. The Morgan fingerprint density at radius 3 is 2.56 bits per heavy atom. The number of hydrogen-bond acceptors (Lipinski definition) is 3. The maximum atomic E-state index is 13.8. The van der Waals surface area contributed by atoms with Crippen LogP contribution in [0.4, 0.5) is 0 Å². The average molecular weight is 482 g/mol. The van der Waals surface area contributed by atoms with Gasteiger partial charge in [0, 0.05) is 29.7 Å². The molecule has 2 amide bonds. The van der Waals surface area contributed by atoms with E-state index < -0.39 is 5.54 Å². The van der Waals surface area contributed by atoms with E-state index >= 15 is 0 Å². The number of carbonyl (C=O) groups is 2. The van der Waals surface area contributed by atoms with Crippen LogP contribution in [0.1, 0.15) is 67.3 Å². The number of amides is 2. The number of rotatable bonds is 5. The molecule has 2 aromatic heterocycles. The molecule has 0 bridgehead atoms. The third-order valence-electron chi connectivity index (χ3n) is 7.46. The molecule has 34 heavy (non-hydrogen) atoms. The van der Waals surface area contributed by atoms with Crippen LogP contribution in [-0.4, -0.2) is 39.4 Å². The summed E-state index contributed by atoms with van der Waals surface area (Å²) in [7, 11) is 0. The quantitative estimate of drug-likeness (QED) is 0.490. The van der Waals surface area contributed by atoms with Crippen molar-refractivity contribution in [2.75, 3.05) is 6.54 Å². The Kier molecular flexibility index (Phi) is 6.19. The van der Waals surface area contributed by atoms with Crippen LogP contribution in [0.15, 0.2) is 40.8 Å². The van der Waals surface area contributed by atoms with Gasteiger partial charge in [-0.05, 0) is 50.8 Å². The maximum absolute atomic E-state index is 13.8. The lowest BCUT2D eigenvalue weighted by Gasteiger charge is -2.44. The van der Waals surface area contributed by atoms with E-state index in [0.29, 0.717) is 35.8 Å². The summed E-state index contributed by atoms with van der Waals surface area (Å²) < 4.78 is 7.76. The number of halogens is 1. The molecule has 0 saturated heterocycles. The van der Waals surface area contributed by atoms with Gasteiger partial charge in [-0.25, -0.2) is 0 Å². The van der Waals surface area contributed by atoms with E-state index in [1.165, 1.54) is 12.8 Å². The van der Waals surface area contributed by atoms with Crippen molar-refractivity contribution in [3.05, 3.63) is 58.4 Å². The molecule has 3 aromatic rings. The first-order chi connectivity index (χ1) is 16.3. The van der Waals surface area contributed by atoms with Crippen LogP contribution in [0.3, 0.4) is 0 Å². The van der Waals surface area contributed by atoms with Crippen LogP contribution >= 0.6 is 11.6 Å². The van der Waals surface area contributed by atoms with Crippen LogP contribution in [0.5, 0.6) is 0 Å². The summed E-state index contributed by atoms with van der Waals surface area (Å²) >= 11 is 6.04. The Bertz CT molecular complexity index is 1200. The molecule has 180 valence electrons. The Balaban J connectivity index is 1.47. The van der Waals surface area contributed by atoms with Crippen molar-refractivity contribution in [3.63, 3.8) is 0 Å². The number of furan rings is 1. The Morgan fingerprint density at radius 2 is 1.85 bits per heavy atom. The maximum Gasteiger partial charge on any atom is 0.271 e. The molecule has 1 N–H and O–H groups in total. The number of nitrogens with zero attached hydrogens (tertiary/aromatic N) is 2. The fraction of sp³-hybridized carbons (Fsp3) is 0.481. The number of aromatic nitrogens is 1. The van der Waals surface area contributed by atoms with E-state index in [2.05, 4.69) is 5.32 Å². The third kappa shape index (κ3) is 4.24. The van der Waals surface area contributed by atoms with Crippen molar-refractivity contribution in [2.24, 2.45) is 0 Å². The molecule has 2 aliphatic rings. The summed E-state index contributed by atoms with van der Waals surface area (Å²) in [5.41, 5.74) is 2.21. The summed E-state index contributed by atoms with van der Waals surface area (Å²) in [4.78, 5) is 29.4. The van der Waals surface area contributed by atoms with Crippen LogP contribution in [0.25, 0.3) is 11.1 Å². The second kappa shape index (κ2) is 9.14. The van der Waals surface area contributed by atoms with Gasteiger partial charge in [0.25, 0.3) is 5.91 Å². The largest absolute Gasteiger partial charge is 0.460 e. The van der Waals surface area contributed by atoms with Gasteiger partial charge in [-0.3, -0.25) is 9.59 Å². The minimum Gasteiger partial charge on any atom is -0.460 e. The minimum absolute atomic E-state index is 0.0726. The molecule has 1 aliphatic heterocycles. The Hall–Kier alpha value is -2.73. The summed E-state index contributed by atoms with van der Waals surface area (Å²) in [5.74, 6) is 0.585. The number of fused-ring (bicyclic) bond motifs is 3. The molecule has 1 atom stereocenters. The average Bonchev–Trinajstić information content (AvgIpc) is 3.20. The van der Waals surface area contributed by atoms with Gasteiger partial charge in [0.2, 0.25) is 5.91 Å². The smallest absolute Gasteiger partial charge is 0.271 e. The zero-order valence-corrected chi connectivity index (χ0v) is 20.7. The highest BCUT2D eigenvalue weighted by molar-refractivity contribution is 6.30. The lowest BCUT2D eigenvalue weighted by Crippen LogP contribution is -2.65. The molecular weight excluding hydrogens is 450 g/mol. The highest BCUT2D eigenvalue weighted by Gasteiger charge is 2.48. The third-order valence-corrected chi connectivity index (χ3v) is 7.71. The van der Waals surface area contributed by atoms with Crippen molar-refractivity contribution in [1.82, 2.24) is 14.8 Å². The van der Waals surface area contributed by atoms with Crippen molar-refractivity contribution < 1.29 is 14.0 Å². The minimum atomic E-state index is -1.00. The zero-order valence-electron chi connectivity index (χ0n) is 19.9.